The van der Waals surface area contributed by atoms with Crippen LogP contribution in [0, 0.1) is 5.92 Å². The van der Waals surface area contributed by atoms with E-state index in [9.17, 15) is 26.4 Å². The third kappa shape index (κ3) is 4.90. The summed E-state index contributed by atoms with van der Waals surface area (Å²) in [5.41, 5.74) is 0.587. The summed E-state index contributed by atoms with van der Waals surface area (Å²) in [7, 11) is -3.13. The average Bonchev–Trinajstić information content (AvgIpc) is 2.76. The lowest BCUT2D eigenvalue weighted by molar-refractivity contribution is -0.274. The Morgan fingerprint density at radius 2 is 1.91 bits per heavy atom. The summed E-state index contributed by atoms with van der Waals surface area (Å²) in [5, 5.41) is 2.58. The van der Waals surface area contributed by atoms with Crippen molar-refractivity contribution in [3.05, 3.63) is 29.8 Å². The number of rotatable bonds is 4. The largest absolute Gasteiger partial charge is 0.573 e. The van der Waals surface area contributed by atoms with E-state index in [1.807, 2.05) is 0 Å². The zero-order valence-corrected chi connectivity index (χ0v) is 12.2. The standard InChI is InChI=1S/C13H14F3NO4S/c14-13(15,16)21-11-3-1-9(2-4-11)7-17-12(18)10-5-6-22(19,20)8-10/h1-4,10H,5-8H2,(H,17,18). The first-order chi connectivity index (χ1) is 10.1. The topological polar surface area (TPSA) is 72.5 Å². The predicted octanol–water partition coefficient (Wildman–Crippen LogP) is 1.64. The molecule has 0 saturated carbocycles. The summed E-state index contributed by atoms with van der Waals surface area (Å²) < 4.78 is 62.3. The second kappa shape index (κ2) is 6.15. The second-order valence-corrected chi connectivity index (χ2v) is 7.24. The molecule has 0 spiro atoms. The molecule has 0 radical (unpaired) electrons. The second-order valence-electron chi connectivity index (χ2n) is 5.01. The number of halogens is 3. The van der Waals surface area contributed by atoms with E-state index in [-0.39, 0.29) is 29.7 Å². The normalized spacial score (nSPS) is 20.6. The molecule has 9 heteroatoms. The van der Waals surface area contributed by atoms with Crippen molar-refractivity contribution in [2.75, 3.05) is 11.5 Å². The highest BCUT2D eigenvalue weighted by Crippen LogP contribution is 2.23. The molecular formula is C13H14F3NO4S. The highest BCUT2D eigenvalue weighted by molar-refractivity contribution is 7.91. The third-order valence-corrected chi connectivity index (χ3v) is 4.99. The van der Waals surface area contributed by atoms with Crippen LogP contribution >= 0.6 is 0 Å². The minimum Gasteiger partial charge on any atom is -0.406 e. The number of ether oxygens (including phenoxy) is 1. The summed E-state index contributed by atoms with van der Waals surface area (Å²) in [5.74, 6) is -1.41. The van der Waals surface area contributed by atoms with Gasteiger partial charge in [-0.1, -0.05) is 12.1 Å². The van der Waals surface area contributed by atoms with Crippen LogP contribution in [0.4, 0.5) is 13.2 Å². The number of carbonyl (C=O) groups excluding carboxylic acids is 1. The third-order valence-electron chi connectivity index (χ3n) is 3.23. The van der Waals surface area contributed by atoms with E-state index >= 15 is 0 Å². The molecule has 2 rings (SSSR count). The van der Waals surface area contributed by atoms with Crippen molar-refractivity contribution in [2.45, 2.75) is 19.3 Å². The van der Waals surface area contributed by atoms with Crippen LogP contribution in [-0.2, 0) is 21.2 Å². The molecule has 0 aromatic heterocycles. The molecule has 1 aromatic rings. The highest BCUT2D eigenvalue weighted by Gasteiger charge is 2.33. The van der Waals surface area contributed by atoms with Crippen molar-refractivity contribution >= 4 is 15.7 Å². The zero-order chi connectivity index (χ0) is 16.4. The maximum Gasteiger partial charge on any atom is 0.573 e. The Morgan fingerprint density at radius 3 is 2.41 bits per heavy atom. The van der Waals surface area contributed by atoms with Crippen LogP contribution in [0.5, 0.6) is 5.75 Å². The van der Waals surface area contributed by atoms with E-state index < -0.39 is 22.1 Å². The molecule has 1 unspecified atom stereocenters. The molecule has 0 bridgehead atoms. The van der Waals surface area contributed by atoms with Crippen LogP contribution in [0.2, 0.25) is 0 Å². The maximum absolute atomic E-state index is 12.0. The van der Waals surface area contributed by atoms with E-state index in [0.29, 0.717) is 12.0 Å². The molecule has 1 amide bonds. The van der Waals surface area contributed by atoms with Crippen molar-refractivity contribution < 1.29 is 31.1 Å². The Hall–Kier alpha value is -1.77. The molecule has 1 N–H and O–H groups in total. The molecule has 1 heterocycles. The Balaban J connectivity index is 1.86. The first kappa shape index (κ1) is 16.6. The van der Waals surface area contributed by atoms with Gasteiger partial charge in [0, 0.05) is 6.54 Å². The first-order valence-electron chi connectivity index (χ1n) is 6.47. The minimum atomic E-state index is -4.75. The summed E-state index contributed by atoms with van der Waals surface area (Å²) in [4.78, 5) is 11.8. The van der Waals surface area contributed by atoms with Gasteiger partial charge in [-0.05, 0) is 24.1 Å². The van der Waals surface area contributed by atoms with Gasteiger partial charge in [0.1, 0.15) is 5.75 Å². The van der Waals surface area contributed by atoms with Gasteiger partial charge in [0.05, 0.1) is 17.4 Å². The Labute approximate surface area is 125 Å². The molecular weight excluding hydrogens is 323 g/mol. The fourth-order valence-electron chi connectivity index (χ4n) is 2.14. The van der Waals surface area contributed by atoms with Crippen LogP contribution in [0.3, 0.4) is 0 Å². The van der Waals surface area contributed by atoms with Gasteiger partial charge in [0.25, 0.3) is 0 Å². The van der Waals surface area contributed by atoms with E-state index in [1.165, 1.54) is 12.1 Å². The molecule has 5 nitrogen and oxygen atoms in total. The van der Waals surface area contributed by atoms with Gasteiger partial charge in [-0.15, -0.1) is 13.2 Å². The van der Waals surface area contributed by atoms with E-state index in [0.717, 1.165) is 12.1 Å². The Bertz CT molecular complexity index is 640. The number of hydrogen-bond acceptors (Lipinski definition) is 4. The van der Waals surface area contributed by atoms with Crippen LogP contribution in [0.15, 0.2) is 24.3 Å². The van der Waals surface area contributed by atoms with E-state index in [2.05, 4.69) is 10.1 Å². The van der Waals surface area contributed by atoms with E-state index in [4.69, 9.17) is 0 Å². The van der Waals surface area contributed by atoms with Crippen molar-refractivity contribution in [3.8, 4) is 5.75 Å². The first-order valence-corrected chi connectivity index (χ1v) is 8.30. The van der Waals surface area contributed by atoms with Crippen LogP contribution in [-0.4, -0.2) is 32.2 Å². The lowest BCUT2D eigenvalue weighted by Crippen LogP contribution is -2.30. The summed E-state index contributed by atoms with van der Waals surface area (Å²) >= 11 is 0. The average molecular weight is 337 g/mol. The van der Waals surface area contributed by atoms with Crippen LogP contribution < -0.4 is 10.1 Å². The molecule has 22 heavy (non-hydrogen) atoms. The van der Waals surface area contributed by atoms with Crippen molar-refractivity contribution in [1.29, 1.82) is 0 Å². The number of sulfone groups is 1. The molecule has 1 aliphatic rings. The lowest BCUT2D eigenvalue weighted by Gasteiger charge is -2.11. The molecule has 1 aliphatic heterocycles. The number of nitrogens with one attached hydrogen (secondary N) is 1. The van der Waals surface area contributed by atoms with Crippen molar-refractivity contribution in [2.24, 2.45) is 5.92 Å². The molecule has 1 atom stereocenters. The lowest BCUT2D eigenvalue weighted by atomic mass is 10.1. The fourth-order valence-corrected chi connectivity index (χ4v) is 3.89. The number of hydrogen-bond donors (Lipinski definition) is 1. The molecule has 122 valence electrons. The smallest absolute Gasteiger partial charge is 0.406 e. The van der Waals surface area contributed by atoms with E-state index in [1.54, 1.807) is 0 Å². The number of benzene rings is 1. The predicted molar refractivity (Wildman–Crippen MR) is 71.7 cm³/mol. The Morgan fingerprint density at radius 1 is 1.27 bits per heavy atom. The van der Waals surface area contributed by atoms with Gasteiger partial charge < -0.3 is 10.1 Å². The highest BCUT2D eigenvalue weighted by atomic mass is 32.2. The number of alkyl halides is 3. The van der Waals surface area contributed by atoms with Crippen molar-refractivity contribution in [3.63, 3.8) is 0 Å². The van der Waals surface area contributed by atoms with Crippen LogP contribution in [0.1, 0.15) is 12.0 Å². The monoisotopic (exact) mass is 337 g/mol. The maximum atomic E-state index is 12.0. The number of amides is 1. The molecule has 1 aromatic carbocycles. The summed E-state index contributed by atoms with van der Waals surface area (Å²) in [6.07, 6.45) is -4.45. The fraction of sp³-hybridized carbons (Fsp3) is 0.462. The molecule has 1 saturated heterocycles. The molecule has 1 fully saturated rings. The summed E-state index contributed by atoms with van der Waals surface area (Å²) in [6, 6.07) is 5.09. The van der Waals surface area contributed by atoms with Gasteiger partial charge >= 0.3 is 6.36 Å². The van der Waals surface area contributed by atoms with Gasteiger partial charge in [0.15, 0.2) is 9.84 Å². The Kier molecular flexibility index (Phi) is 4.64. The van der Waals surface area contributed by atoms with Crippen molar-refractivity contribution in [1.82, 2.24) is 5.32 Å². The van der Waals surface area contributed by atoms with Gasteiger partial charge in [-0.25, -0.2) is 8.42 Å². The van der Waals surface area contributed by atoms with Gasteiger partial charge in [0.2, 0.25) is 5.91 Å². The minimum absolute atomic E-state index is 0.00850. The van der Waals surface area contributed by atoms with Gasteiger partial charge in [-0.3, -0.25) is 4.79 Å². The number of carbonyl (C=O) groups is 1. The quantitative estimate of drug-likeness (QED) is 0.906. The summed E-state index contributed by atoms with van der Waals surface area (Å²) in [6.45, 7) is 0.113. The SMILES string of the molecule is O=C(NCc1ccc(OC(F)(F)F)cc1)C1CCS(=O)(=O)C1. The molecule has 0 aliphatic carbocycles. The zero-order valence-electron chi connectivity index (χ0n) is 11.4. The van der Waals surface area contributed by atoms with Gasteiger partial charge in [-0.2, -0.15) is 0 Å². The van der Waals surface area contributed by atoms with Crippen LogP contribution in [0.25, 0.3) is 0 Å².